The Morgan fingerprint density at radius 2 is 1.68 bits per heavy atom. The van der Waals surface area contributed by atoms with Crippen molar-refractivity contribution < 1.29 is 14.3 Å². The van der Waals surface area contributed by atoms with Crippen LogP contribution in [0.2, 0.25) is 5.02 Å². The van der Waals surface area contributed by atoms with Gasteiger partial charge in [0.2, 0.25) is 5.91 Å². The van der Waals surface area contributed by atoms with Gasteiger partial charge in [-0.3, -0.25) is 9.59 Å². The molecule has 5 heteroatoms. The Morgan fingerprint density at radius 3 is 2.39 bits per heavy atom. The van der Waals surface area contributed by atoms with E-state index in [1.54, 1.807) is 25.9 Å². The number of carbonyl (C=O) groups excluding carboxylic acids is 2. The van der Waals surface area contributed by atoms with Gasteiger partial charge in [-0.15, -0.1) is 0 Å². The lowest BCUT2D eigenvalue weighted by Gasteiger charge is -2.27. The van der Waals surface area contributed by atoms with Crippen LogP contribution in [0.15, 0.2) is 54.6 Å². The van der Waals surface area contributed by atoms with Gasteiger partial charge in [-0.05, 0) is 53.4 Å². The first-order valence-electron chi connectivity index (χ1n) is 9.96. The lowest BCUT2D eigenvalue weighted by atomic mass is 9.92. The van der Waals surface area contributed by atoms with E-state index in [2.05, 4.69) is 0 Å². The van der Waals surface area contributed by atoms with Crippen LogP contribution in [0.5, 0.6) is 5.75 Å². The molecule has 31 heavy (non-hydrogen) atoms. The minimum atomic E-state index is -0.0775. The fourth-order valence-corrected chi connectivity index (χ4v) is 4.11. The van der Waals surface area contributed by atoms with Crippen LogP contribution in [0.1, 0.15) is 40.9 Å². The van der Waals surface area contributed by atoms with Gasteiger partial charge in [-0.25, -0.2) is 0 Å². The van der Waals surface area contributed by atoms with E-state index >= 15 is 0 Å². The van der Waals surface area contributed by atoms with E-state index < -0.39 is 0 Å². The number of halogens is 1. The van der Waals surface area contributed by atoms with Crippen molar-refractivity contribution in [3.8, 4) is 16.9 Å². The number of anilines is 1. The zero-order valence-corrected chi connectivity index (χ0v) is 18.4. The predicted molar refractivity (Wildman–Crippen MR) is 126 cm³/mol. The van der Waals surface area contributed by atoms with Gasteiger partial charge in [0, 0.05) is 23.1 Å². The van der Waals surface area contributed by atoms with Crippen molar-refractivity contribution in [3.63, 3.8) is 0 Å². The molecule has 0 atom stereocenters. The lowest BCUT2D eigenvalue weighted by Crippen LogP contribution is -2.29. The SMILES string of the molecule is COc1cc2c(cc1-c1ccccc1C(C)=O)CN(C(C)=O)c1cc(Cl)ccc1/C=C\2. The van der Waals surface area contributed by atoms with Crippen LogP contribution >= 0.6 is 11.6 Å². The molecule has 4 nitrogen and oxygen atoms in total. The van der Waals surface area contributed by atoms with Crippen molar-refractivity contribution in [2.45, 2.75) is 20.4 Å². The van der Waals surface area contributed by atoms with Crippen LogP contribution in [0.3, 0.4) is 0 Å². The van der Waals surface area contributed by atoms with Gasteiger partial charge < -0.3 is 9.64 Å². The van der Waals surface area contributed by atoms with Gasteiger partial charge >= 0.3 is 0 Å². The minimum Gasteiger partial charge on any atom is -0.496 e. The number of hydrogen-bond acceptors (Lipinski definition) is 3. The molecule has 0 saturated heterocycles. The average molecular weight is 432 g/mol. The van der Waals surface area contributed by atoms with E-state index in [-0.39, 0.29) is 11.7 Å². The highest BCUT2D eigenvalue weighted by molar-refractivity contribution is 6.31. The molecular weight excluding hydrogens is 410 g/mol. The molecule has 3 aromatic rings. The second kappa shape index (κ2) is 8.40. The van der Waals surface area contributed by atoms with Gasteiger partial charge in [-0.1, -0.05) is 54.1 Å². The molecule has 0 radical (unpaired) electrons. The third-order valence-corrected chi connectivity index (χ3v) is 5.73. The smallest absolute Gasteiger partial charge is 0.224 e. The molecule has 3 aromatic carbocycles. The quantitative estimate of drug-likeness (QED) is 0.460. The highest BCUT2D eigenvalue weighted by atomic mass is 35.5. The molecular formula is C26H22ClNO3. The molecule has 0 spiro atoms. The van der Waals surface area contributed by atoms with Crippen LogP contribution < -0.4 is 9.64 Å². The molecule has 1 amide bonds. The fraction of sp³-hybridized carbons (Fsp3) is 0.154. The Bertz CT molecular complexity index is 1230. The summed E-state index contributed by atoms with van der Waals surface area (Å²) in [6, 6.07) is 17.0. The summed E-state index contributed by atoms with van der Waals surface area (Å²) >= 11 is 6.22. The summed E-state index contributed by atoms with van der Waals surface area (Å²) in [6.45, 7) is 3.48. The minimum absolute atomic E-state index is 0.0155. The maximum absolute atomic E-state index is 12.6. The van der Waals surface area contributed by atoms with E-state index in [1.165, 1.54) is 0 Å². The van der Waals surface area contributed by atoms with E-state index in [0.29, 0.717) is 22.9 Å². The predicted octanol–water partition coefficient (Wildman–Crippen LogP) is 6.26. The summed E-state index contributed by atoms with van der Waals surface area (Å²) in [6.07, 6.45) is 3.99. The largest absolute Gasteiger partial charge is 0.496 e. The average Bonchev–Trinajstić information content (AvgIpc) is 2.75. The topological polar surface area (TPSA) is 46.6 Å². The van der Waals surface area contributed by atoms with Gasteiger partial charge in [0.15, 0.2) is 5.78 Å². The van der Waals surface area contributed by atoms with Crippen molar-refractivity contribution >= 4 is 41.1 Å². The van der Waals surface area contributed by atoms with Gasteiger partial charge in [0.1, 0.15) is 5.75 Å². The molecule has 1 heterocycles. The molecule has 4 rings (SSSR count). The summed E-state index contributed by atoms with van der Waals surface area (Å²) in [5, 5.41) is 0.574. The number of benzene rings is 3. The Hall–Kier alpha value is -3.37. The normalized spacial score (nSPS) is 13.5. The number of hydrogen-bond donors (Lipinski definition) is 0. The molecule has 156 valence electrons. The summed E-state index contributed by atoms with van der Waals surface area (Å²) in [7, 11) is 1.62. The lowest BCUT2D eigenvalue weighted by molar-refractivity contribution is -0.116. The van der Waals surface area contributed by atoms with Crippen LogP contribution in [0, 0.1) is 0 Å². The van der Waals surface area contributed by atoms with E-state index in [0.717, 1.165) is 33.5 Å². The Kier molecular flexibility index (Phi) is 5.66. The highest BCUT2D eigenvalue weighted by Gasteiger charge is 2.22. The first kappa shape index (κ1) is 20.9. The molecule has 0 saturated carbocycles. The van der Waals surface area contributed by atoms with Gasteiger partial charge in [0.25, 0.3) is 0 Å². The number of fused-ring (bicyclic) bond motifs is 2. The maximum Gasteiger partial charge on any atom is 0.224 e. The summed E-state index contributed by atoms with van der Waals surface area (Å²) < 4.78 is 5.69. The zero-order valence-electron chi connectivity index (χ0n) is 17.6. The molecule has 0 aromatic heterocycles. The third kappa shape index (κ3) is 3.99. The fourth-order valence-electron chi connectivity index (χ4n) is 3.94. The highest BCUT2D eigenvalue weighted by Crippen LogP contribution is 2.38. The Morgan fingerprint density at radius 1 is 0.935 bits per heavy atom. The standard InChI is InChI=1S/C26H22ClNO3/c1-16(29)22-6-4-5-7-23(22)24-12-20-15-28(17(2)30)25-14-21(27)11-10-18(25)8-9-19(20)13-26(24)31-3/h4-14H,15H2,1-3H3/b9-8-. The number of amides is 1. The summed E-state index contributed by atoms with van der Waals surface area (Å²) in [5.74, 6) is 0.577. The number of ether oxygens (including phenoxy) is 1. The first-order valence-corrected chi connectivity index (χ1v) is 10.3. The molecule has 0 unspecified atom stereocenters. The van der Waals surface area contributed by atoms with E-state index in [4.69, 9.17) is 16.3 Å². The number of carbonyl (C=O) groups is 2. The number of Topliss-reactive ketones (excluding diaryl/α,β-unsaturated/α-hetero) is 1. The molecule has 1 aliphatic heterocycles. The maximum atomic E-state index is 12.6. The monoisotopic (exact) mass is 431 g/mol. The third-order valence-electron chi connectivity index (χ3n) is 5.49. The van der Waals surface area contributed by atoms with Gasteiger partial charge in [-0.2, -0.15) is 0 Å². The Balaban J connectivity index is 1.94. The number of nitrogens with zero attached hydrogens (tertiary/aromatic N) is 1. The van der Waals surface area contributed by atoms with E-state index in [1.807, 2.05) is 66.7 Å². The molecule has 0 fully saturated rings. The van der Waals surface area contributed by atoms with Crippen LogP contribution in [0.25, 0.3) is 23.3 Å². The molecule has 0 aliphatic carbocycles. The first-order chi connectivity index (χ1) is 14.9. The van der Waals surface area contributed by atoms with Crippen LogP contribution in [-0.2, 0) is 11.3 Å². The molecule has 0 bridgehead atoms. The summed E-state index contributed by atoms with van der Waals surface area (Å²) in [5.41, 5.74) is 5.83. The molecule has 1 aliphatic rings. The summed E-state index contributed by atoms with van der Waals surface area (Å²) in [4.78, 5) is 26.5. The van der Waals surface area contributed by atoms with Crippen molar-refractivity contribution in [1.82, 2.24) is 0 Å². The van der Waals surface area contributed by atoms with Crippen molar-refractivity contribution in [3.05, 3.63) is 81.9 Å². The zero-order chi connectivity index (χ0) is 22.1. The number of rotatable bonds is 3. The van der Waals surface area contributed by atoms with Gasteiger partial charge in [0.05, 0.1) is 19.3 Å². The second-order valence-corrected chi connectivity index (χ2v) is 7.93. The Labute approximate surface area is 186 Å². The molecule has 0 N–H and O–H groups in total. The van der Waals surface area contributed by atoms with Crippen molar-refractivity contribution in [1.29, 1.82) is 0 Å². The van der Waals surface area contributed by atoms with Crippen molar-refractivity contribution in [2.24, 2.45) is 0 Å². The van der Waals surface area contributed by atoms with Crippen LogP contribution in [0.4, 0.5) is 5.69 Å². The second-order valence-electron chi connectivity index (χ2n) is 7.49. The van der Waals surface area contributed by atoms with Crippen molar-refractivity contribution in [2.75, 3.05) is 12.0 Å². The van der Waals surface area contributed by atoms with E-state index in [9.17, 15) is 9.59 Å². The number of ketones is 1. The number of methoxy groups -OCH3 is 1. The van der Waals surface area contributed by atoms with Crippen LogP contribution in [-0.4, -0.2) is 18.8 Å².